The molecule has 0 N–H and O–H groups in total. The van der Waals surface area contributed by atoms with Crippen molar-refractivity contribution in [3.8, 4) is 12.1 Å². The molecule has 0 aliphatic carbocycles. The summed E-state index contributed by atoms with van der Waals surface area (Å²) in [4.78, 5) is 11.7. The van der Waals surface area contributed by atoms with E-state index in [0.717, 1.165) is 0 Å². The van der Waals surface area contributed by atoms with Crippen molar-refractivity contribution < 1.29 is 9.53 Å². The number of hydrogen-bond donors (Lipinski definition) is 0. The Labute approximate surface area is 90.4 Å². The van der Waals surface area contributed by atoms with Crippen LogP contribution in [-0.2, 0) is 9.53 Å². The Morgan fingerprint density at radius 3 is 2.13 bits per heavy atom. The van der Waals surface area contributed by atoms with Crippen LogP contribution in [0.15, 0.2) is 0 Å². The molecule has 1 atom stereocenters. The van der Waals surface area contributed by atoms with E-state index in [4.69, 9.17) is 15.3 Å². The molecule has 0 saturated heterocycles. The maximum Gasteiger partial charge on any atom is 0.314 e. The van der Waals surface area contributed by atoms with Gasteiger partial charge < -0.3 is 4.74 Å². The zero-order valence-corrected chi connectivity index (χ0v) is 9.57. The minimum atomic E-state index is -1.06. The van der Waals surface area contributed by atoms with E-state index in [0.29, 0.717) is 0 Å². The molecule has 0 unspecified atom stereocenters. The molecule has 15 heavy (non-hydrogen) atoms. The number of hydrogen-bond acceptors (Lipinski definition) is 4. The summed E-state index contributed by atoms with van der Waals surface area (Å²) in [5, 5.41) is 17.7. The van der Waals surface area contributed by atoms with E-state index in [2.05, 4.69) is 0 Å². The molecule has 0 aromatic carbocycles. The van der Waals surface area contributed by atoms with Crippen molar-refractivity contribution in [1.82, 2.24) is 0 Å². The van der Waals surface area contributed by atoms with E-state index in [1.165, 1.54) is 0 Å². The topological polar surface area (TPSA) is 73.9 Å². The largest absolute Gasteiger partial charge is 0.466 e. The van der Waals surface area contributed by atoms with Crippen LogP contribution in [0.25, 0.3) is 0 Å². The summed E-state index contributed by atoms with van der Waals surface area (Å²) in [6.07, 6.45) is 0. The number of ether oxygens (including phenoxy) is 1. The van der Waals surface area contributed by atoms with Gasteiger partial charge in [-0.05, 0) is 19.8 Å². The number of nitrogens with zero attached hydrogens (tertiary/aromatic N) is 2. The van der Waals surface area contributed by atoms with E-state index in [9.17, 15) is 4.79 Å². The van der Waals surface area contributed by atoms with Crippen LogP contribution in [0, 0.1) is 39.9 Å². The van der Waals surface area contributed by atoms with Gasteiger partial charge in [0.15, 0.2) is 0 Å². The minimum absolute atomic E-state index is 0.124. The van der Waals surface area contributed by atoms with Crippen LogP contribution >= 0.6 is 0 Å². The maximum absolute atomic E-state index is 11.7. The SMILES string of the molecule is CCOC(=O)[C@](C)(C(C)C)C(C#N)C#N. The molecule has 0 aliphatic rings. The third kappa shape index (κ3) is 2.47. The fraction of sp³-hybridized carbons (Fsp3) is 0.727. The Hall–Kier alpha value is -1.55. The van der Waals surface area contributed by atoms with Crippen LogP contribution in [-0.4, -0.2) is 12.6 Å². The summed E-state index contributed by atoms with van der Waals surface area (Å²) >= 11 is 0. The Balaban J connectivity index is 5.18. The van der Waals surface area contributed by atoms with Crippen LogP contribution in [0.2, 0.25) is 0 Å². The van der Waals surface area contributed by atoms with Crippen LogP contribution < -0.4 is 0 Å². The predicted octanol–water partition coefficient (Wildman–Crippen LogP) is 1.88. The van der Waals surface area contributed by atoms with Crippen molar-refractivity contribution in [1.29, 1.82) is 10.5 Å². The molecule has 0 spiro atoms. The number of nitriles is 2. The van der Waals surface area contributed by atoms with Gasteiger partial charge in [-0.1, -0.05) is 13.8 Å². The van der Waals surface area contributed by atoms with Gasteiger partial charge in [0, 0.05) is 0 Å². The van der Waals surface area contributed by atoms with E-state index < -0.39 is 17.3 Å². The van der Waals surface area contributed by atoms with Crippen LogP contribution in [0.4, 0.5) is 0 Å². The number of carbonyl (C=O) groups excluding carboxylic acids is 1. The van der Waals surface area contributed by atoms with Gasteiger partial charge in [0.1, 0.15) is 5.92 Å². The number of esters is 1. The van der Waals surface area contributed by atoms with Gasteiger partial charge in [-0.2, -0.15) is 10.5 Å². The predicted molar refractivity (Wildman–Crippen MR) is 54.3 cm³/mol. The third-order valence-electron chi connectivity index (χ3n) is 2.77. The highest BCUT2D eigenvalue weighted by Crippen LogP contribution is 2.36. The normalized spacial score (nSPS) is 14.1. The highest BCUT2D eigenvalue weighted by molar-refractivity contribution is 5.78. The average molecular weight is 208 g/mol. The lowest BCUT2D eigenvalue weighted by atomic mass is 9.70. The van der Waals surface area contributed by atoms with Gasteiger partial charge in [-0.15, -0.1) is 0 Å². The molecule has 0 aromatic heterocycles. The van der Waals surface area contributed by atoms with Gasteiger partial charge >= 0.3 is 5.97 Å². The third-order valence-corrected chi connectivity index (χ3v) is 2.77. The molecule has 0 aliphatic heterocycles. The first-order chi connectivity index (χ1) is 6.94. The lowest BCUT2D eigenvalue weighted by Crippen LogP contribution is -2.41. The average Bonchev–Trinajstić information content (AvgIpc) is 2.19. The number of carbonyl (C=O) groups is 1. The fourth-order valence-corrected chi connectivity index (χ4v) is 1.27. The molecule has 0 radical (unpaired) electrons. The monoisotopic (exact) mass is 208 g/mol. The molecule has 0 fully saturated rings. The molecular weight excluding hydrogens is 192 g/mol. The van der Waals surface area contributed by atoms with E-state index in [-0.39, 0.29) is 12.5 Å². The lowest BCUT2D eigenvalue weighted by molar-refractivity contribution is -0.158. The van der Waals surface area contributed by atoms with E-state index in [1.807, 2.05) is 12.1 Å². The first-order valence-electron chi connectivity index (χ1n) is 4.91. The number of rotatable bonds is 4. The van der Waals surface area contributed by atoms with Crippen molar-refractivity contribution in [3.05, 3.63) is 0 Å². The molecule has 0 heterocycles. The van der Waals surface area contributed by atoms with Crippen LogP contribution in [0.3, 0.4) is 0 Å². The first kappa shape index (κ1) is 13.4. The Bertz CT molecular complexity index is 298. The standard InChI is InChI=1S/C11H16N2O2/c1-5-15-10(14)11(4,8(2)3)9(6-12)7-13/h8-9H,5H2,1-4H3/t11-/m1/s1. The summed E-state index contributed by atoms with van der Waals surface area (Å²) in [6.45, 7) is 7.17. The zero-order chi connectivity index (χ0) is 12.1. The smallest absolute Gasteiger partial charge is 0.314 e. The van der Waals surface area contributed by atoms with E-state index >= 15 is 0 Å². The van der Waals surface area contributed by atoms with Gasteiger partial charge in [0.25, 0.3) is 0 Å². The molecule has 4 nitrogen and oxygen atoms in total. The Kier molecular flexibility index (Phi) is 4.81. The molecule has 0 bridgehead atoms. The van der Waals surface area contributed by atoms with Gasteiger partial charge in [0.05, 0.1) is 24.2 Å². The van der Waals surface area contributed by atoms with Crippen LogP contribution in [0.5, 0.6) is 0 Å². The van der Waals surface area contributed by atoms with Gasteiger partial charge in [-0.3, -0.25) is 4.79 Å². The van der Waals surface area contributed by atoms with Crippen molar-refractivity contribution in [2.75, 3.05) is 6.61 Å². The fourth-order valence-electron chi connectivity index (χ4n) is 1.27. The molecule has 0 saturated carbocycles. The summed E-state index contributed by atoms with van der Waals surface area (Å²) < 4.78 is 4.91. The van der Waals surface area contributed by atoms with E-state index in [1.54, 1.807) is 27.7 Å². The van der Waals surface area contributed by atoms with Crippen molar-refractivity contribution in [2.24, 2.45) is 17.3 Å². The Morgan fingerprint density at radius 1 is 1.40 bits per heavy atom. The minimum Gasteiger partial charge on any atom is -0.466 e. The molecule has 0 amide bonds. The van der Waals surface area contributed by atoms with Gasteiger partial charge in [-0.25, -0.2) is 0 Å². The summed E-state index contributed by atoms with van der Waals surface area (Å²) in [5.74, 6) is -1.58. The van der Waals surface area contributed by atoms with Gasteiger partial charge in [0.2, 0.25) is 0 Å². The highest BCUT2D eigenvalue weighted by atomic mass is 16.5. The highest BCUT2D eigenvalue weighted by Gasteiger charge is 2.46. The second-order valence-electron chi connectivity index (χ2n) is 3.85. The maximum atomic E-state index is 11.7. The summed E-state index contributed by atoms with van der Waals surface area (Å²) in [7, 11) is 0. The quantitative estimate of drug-likeness (QED) is 0.661. The van der Waals surface area contributed by atoms with Crippen molar-refractivity contribution >= 4 is 5.97 Å². The summed E-state index contributed by atoms with van der Waals surface area (Å²) in [5.41, 5.74) is -1.06. The lowest BCUT2D eigenvalue weighted by Gasteiger charge is -2.31. The molecule has 0 rings (SSSR count). The second kappa shape index (κ2) is 5.36. The van der Waals surface area contributed by atoms with Crippen LogP contribution in [0.1, 0.15) is 27.7 Å². The Morgan fingerprint density at radius 2 is 1.87 bits per heavy atom. The second-order valence-corrected chi connectivity index (χ2v) is 3.85. The van der Waals surface area contributed by atoms with Crippen molar-refractivity contribution in [3.63, 3.8) is 0 Å². The zero-order valence-electron chi connectivity index (χ0n) is 9.57. The molecule has 0 aromatic rings. The first-order valence-corrected chi connectivity index (χ1v) is 4.91. The summed E-state index contributed by atoms with van der Waals surface area (Å²) in [6, 6.07) is 3.70. The molecule has 4 heteroatoms. The molecule has 82 valence electrons. The van der Waals surface area contributed by atoms with Crippen molar-refractivity contribution in [2.45, 2.75) is 27.7 Å². The molecular formula is C11H16N2O2.